The number of hydrogen-bond donors (Lipinski definition) is 3. The standard InChI is InChI=1S/C43H68N2O5.C12H15NO2/c1-24(2)36-32(47)21-43(22-35(48)45-23-39(4,5)44-10)18-14-30-27(37(36)43)11-12-34-41(30,8)17-15-33-40(6,7)26(13-16-42(33,34)9)19-31(46)28-20-29(25(28)3)38(49)50;14-10-12-3-1-11(2-4-12)9-13-5-7-15-8-6-13/h24-30,33-34,44H,11-23H2,1-10H3,(H,45,48)(H,49,50);1-4,10H,5-9H2. The maximum absolute atomic E-state index is 13.9. The van der Waals surface area contributed by atoms with Gasteiger partial charge in [-0.3, -0.25) is 28.9 Å². The molecule has 0 bridgehead atoms. The second-order valence-electron chi connectivity index (χ2n) is 24.1. The van der Waals surface area contributed by atoms with Gasteiger partial charge in [0.1, 0.15) is 12.1 Å². The van der Waals surface area contributed by atoms with Crippen LogP contribution in [-0.2, 0) is 30.5 Å². The molecule has 1 heterocycles. The molecule has 11 atom stereocenters. The maximum Gasteiger partial charge on any atom is 0.306 e. The lowest BCUT2D eigenvalue weighted by Gasteiger charge is -2.69. The number of fused-ring (bicyclic) bond motifs is 7. The van der Waals surface area contributed by atoms with E-state index in [2.05, 4.69) is 70.9 Å². The Morgan fingerprint density at radius 2 is 1.60 bits per heavy atom. The number of carbonyl (C=O) groups excluding carboxylic acids is 4. The van der Waals surface area contributed by atoms with Crippen molar-refractivity contribution in [3.63, 3.8) is 0 Å². The summed E-state index contributed by atoms with van der Waals surface area (Å²) in [7, 11) is 1.92. The van der Waals surface area contributed by atoms with Crippen LogP contribution in [0.5, 0.6) is 0 Å². The number of hydrogen-bond acceptors (Lipinski definition) is 8. The molecule has 6 aliphatic carbocycles. The fourth-order valence-electron chi connectivity index (χ4n) is 15.5. The molecule has 10 heteroatoms. The predicted molar refractivity (Wildman–Crippen MR) is 255 cm³/mol. The van der Waals surface area contributed by atoms with Crippen molar-refractivity contribution < 1.29 is 33.8 Å². The largest absolute Gasteiger partial charge is 0.481 e. The summed E-state index contributed by atoms with van der Waals surface area (Å²) < 4.78 is 5.29. The normalized spacial score (nSPS) is 36.5. The van der Waals surface area contributed by atoms with Crippen molar-refractivity contribution in [3.8, 4) is 0 Å². The number of ketones is 2. The van der Waals surface area contributed by atoms with Crippen molar-refractivity contribution in [2.45, 2.75) is 151 Å². The number of likely N-dealkylation sites (N-methyl/N-ethyl adjacent to an activating group) is 1. The zero-order valence-electron chi connectivity index (χ0n) is 41.7. The minimum Gasteiger partial charge on any atom is -0.481 e. The van der Waals surface area contributed by atoms with Gasteiger partial charge in [-0.2, -0.15) is 0 Å². The predicted octanol–water partition coefficient (Wildman–Crippen LogP) is 9.34. The highest BCUT2D eigenvalue weighted by Crippen LogP contribution is 2.74. The van der Waals surface area contributed by atoms with Crippen LogP contribution in [-0.4, -0.2) is 85.2 Å². The third-order valence-electron chi connectivity index (χ3n) is 19.5. The van der Waals surface area contributed by atoms with Gasteiger partial charge in [0.25, 0.3) is 0 Å². The molecule has 10 nitrogen and oxygen atoms in total. The van der Waals surface area contributed by atoms with Crippen LogP contribution in [0, 0.1) is 74.9 Å². The zero-order chi connectivity index (χ0) is 47.3. The Balaban J connectivity index is 0.000000354. The van der Waals surface area contributed by atoms with Gasteiger partial charge in [0.05, 0.1) is 19.1 Å². The van der Waals surface area contributed by atoms with E-state index in [9.17, 15) is 29.1 Å². The van der Waals surface area contributed by atoms with Crippen molar-refractivity contribution in [2.24, 2.45) is 74.9 Å². The van der Waals surface area contributed by atoms with Gasteiger partial charge in [0.2, 0.25) is 5.91 Å². The molecule has 8 rings (SSSR count). The van der Waals surface area contributed by atoms with Crippen LogP contribution in [0.15, 0.2) is 35.4 Å². The second-order valence-corrected chi connectivity index (χ2v) is 24.1. The number of nitrogens with one attached hydrogen (secondary N) is 2. The number of carbonyl (C=O) groups is 5. The monoisotopic (exact) mass is 898 g/mol. The van der Waals surface area contributed by atoms with Crippen LogP contribution in [0.25, 0.3) is 0 Å². The summed E-state index contributed by atoms with van der Waals surface area (Å²) in [5, 5.41) is 16.0. The van der Waals surface area contributed by atoms with Crippen molar-refractivity contribution in [2.75, 3.05) is 39.9 Å². The summed E-state index contributed by atoms with van der Waals surface area (Å²) in [6, 6.07) is 7.75. The van der Waals surface area contributed by atoms with Crippen molar-refractivity contribution in [1.82, 2.24) is 15.5 Å². The number of rotatable bonds is 13. The SMILES string of the molecule is CNC(C)(C)CNC(=O)CC12CCC3C(CCC4C3(C)CCC3C(C)(C)C(CC(=O)C5CC(C(=O)O)C5C)CCC34C)C1=C(C(C)C)C(=O)C2.O=Cc1ccc(CN2CCOCC2)cc1. The summed E-state index contributed by atoms with van der Waals surface area (Å²) in [6.45, 7) is 25.7. The minimum absolute atomic E-state index is 0.0438. The first-order chi connectivity index (χ1) is 30.6. The van der Waals surface area contributed by atoms with Crippen LogP contribution < -0.4 is 10.6 Å². The first kappa shape index (κ1) is 49.7. The molecule has 0 aromatic heterocycles. The van der Waals surface area contributed by atoms with Gasteiger partial charge in [0.15, 0.2) is 5.78 Å². The fraction of sp³-hybridized carbons (Fsp3) is 0.764. The number of amides is 1. The van der Waals surface area contributed by atoms with Crippen LogP contribution in [0.2, 0.25) is 0 Å². The van der Waals surface area contributed by atoms with Gasteiger partial charge < -0.3 is 20.5 Å². The second kappa shape index (κ2) is 19.1. The van der Waals surface area contributed by atoms with Gasteiger partial charge in [-0.15, -0.1) is 0 Å². The number of benzene rings is 1. The number of carboxylic acid groups (broad SMARTS) is 1. The molecule has 0 radical (unpaired) electrons. The highest BCUT2D eigenvalue weighted by Gasteiger charge is 2.66. The third-order valence-corrected chi connectivity index (χ3v) is 19.5. The first-order valence-corrected chi connectivity index (χ1v) is 25.4. The maximum atomic E-state index is 13.9. The van der Waals surface area contributed by atoms with Gasteiger partial charge in [-0.1, -0.05) is 78.3 Å². The molecule has 360 valence electrons. The quantitative estimate of drug-likeness (QED) is 0.165. The Labute approximate surface area is 390 Å². The molecule has 1 saturated heterocycles. The molecule has 1 aromatic carbocycles. The van der Waals surface area contributed by atoms with Gasteiger partial charge in [-0.25, -0.2) is 0 Å². The van der Waals surface area contributed by atoms with E-state index < -0.39 is 5.97 Å². The van der Waals surface area contributed by atoms with Crippen molar-refractivity contribution in [3.05, 3.63) is 46.5 Å². The molecular weight excluding hydrogens is 815 g/mol. The molecule has 1 aromatic rings. The fourth-order valence-corrected chi connectivity index (χ4v) is 15.5. The Bertz CT molecular complexity index is 1980. The molecule has 11 unspecified atom stereocenters. The van der Waals surface area contributed by atoms with Crippen LogP contribution in [0.4, 0.5) is 0 Å². The number of carboxylic acids is 1. The highest BCUT2D eigenvalue weighted by molar-refractivity contribution is 6.01. The van der Waals surface area contributed by atoms with Gasteiger partial charge in [0, 0.05) is 67.9 Å². The molecule has 1 amide bonds. The van der Waals surface area contributed by atoms with E-state index in [1.807, 2.05) is 38.2 Å². The summed E-state index contributed by atoms with van der Waals surface area (Å²) in [5.74, 6) is 1.93. The first-order valence-electron chi connectivity index (χ1n) is 25.4. The average molecular weight is 898 g/mol. The molecule has 3 N–H and O–H groups in total. The zero-order valence-corrected chi connectivity index (χ0v) is 41.7. The third kappa shape index (κ3) is 9.49. The highest BCUT2D eigenvalue weighted by atomic mass is 16.5. The number of aldehydes is 1. The van der Waals surface area contributed by atoms with E-state index >= 15 is 0 Å². The molecule has 1 aliphatic heterocycles. The summed E-state index contributed by atoms with van der Waals surface area (Å²) in [6.07, 6.45) is 11.8. The number of aliphatic carboxylic acids is 1. The lowest BCUT2D eigenvalue weighted by molar-refractivity contribution is -0.193. The number of morpholine rings is 1. The number of ether oxygens (including phenoxy) is 1. The lowest BCUT2D eigenvalue weighted by atomic mass is 9.35. The van der Waals surface area contributed by atoms with Crippen LogP contribution in [0.1, 0.15) is 155 Å². The summed E-state index contributed by atoms with van der Waals surface area (Å²) in [5.41, 5.74) is 4.31. The molecule has 7 aliphatic rings. The number of Topliss-reactive ketones (excluding diaryl/α,β-unsaturated/α-hetero) is 2. The minimum atomic E-state index is -0.759. The van der Waals surface area contributed by atoms with E-state index in [1.165, 1.54) is 30.4 Å². The van der Waals surface area contributed by atoms with E-state index in [1.54, 1.807) is 0 Å². The summed E-state index contributed by atoms with van der Waals surface area (Å²) in [4.78, 5) is 65.4. The Hall–Kier alpha value is -3.21. The Kier molecular flexibility index (Phi) is 14.6. The Morgan fingerprint density at radius 1 is 0.923 bits per heavy atom. The smallest absolute Gasteiger partial charge is 0.306 e. The Morgan fingerprint density at radius 3 is 2.22 bits per heavy atom. The topological polar surface area (TPSA) is 142 Å². The van der Waals surface area contributed by atoms with Gasteiger partial charge in [-0.05, 0) is 147 Å². The van der Waals surface area contributed by atoms with Crippen LogP contribution in [0.3, 0.4) is 0 Å². The number of allylic oxidation sites excluding steroid dienone is 2. The van der Waals surface area contributed by atoms with E-state index in [0.29, 0.717) is 67.6 Å². The molecule has 65 heavy (non-hydrogen) atoms. The van der Waals surface area contributed by atoms with E-state index in [0.717, 1.165) is 82.4 Å². The lowest BCUT2D eigenvalue weighted by Crippen LogP contribution is -2.62. The molecular formula is C55H83N3O7. The number of nitrogens with zero attached hydrogens (tertiary/aromatic N) is 1. The summed E-state index contributed by atoms with van der Waals surface area (Å²) >= 11 is 0. The average Bonchev–Trinajstić information content (AvgIpc) is 3.56. The van der Waals surface area contributed by atoms with Gasteiger partial charge >= 0.3 is 5.97 Å². The molecule has 0 spiro atoms. The van der Waals surface area contributed by atoms with Crippen LogP contribution >= 0.6 is 0 Å². The van der Waals surface area contributed by atoms with Crippen molar-refractivity contribution in [1.29, 1.82) is 0 Å². The molecule has 6 fully saturated rings. The van der Waals surface area contributed by atoms with E-state index in [-0.39, 0.29) is 62.6 Å². The van der Waals surface area contributed by atoms with Crippen molar-refractivity contribution >= 4 is 29.7 Å². The van der Waals surface area contributed by atoms with E-state index in [4.69, 9.17) is 4.74 Å². The molecule has 5 saturated carbocycles.